The molecule has 1 fully saturated rings. The molecule has 0 spiro atoms. The standard InChI is InChI=1S/C15H20FN3/c1-9(2)19-13-5-3-4-11(16)15(13)18-14(19)8-12(17)10-6-7-10/h3-5,9-10,12H,6-8,17H2,1-2H3. The highest BCUT2D eigenvalue weighted by Gasteiger charge is 2.30. The molecule has 1 atom stereocenters. The molecule has 19 heavy (non-hydrogen) atoms. The number of hydrogen-bond acceptors (Lipinski definition) is 2. The highest BCUT2D eigenvalue weighted by Crippen LogP contribution is 2.33. The number of hydrogen-bond donors (Lipinski definition) is 1. The predicted molar refractivity (Wildman–Crippen MR) is 74.5 cm³/mol. The van der Waals surface area contributed by atoms with Gasteiger partial charge in [-0.15, -0.1) is 0 Å². The van der Waals surface area contributed by atoms with Gasteiger partial charge in [0, 0.05) is 18.5 Å². The second kappa shape index (κ2) is 4.60. The minimum absolute atomic E-state index is 0.150. The lowest BCUT2D eigenvalue weighted by Gasteiger charge is -2.15. The summed E-state index contributed by atoms with van der Waals surface area (Å²) < 4.78 is 16.0. The molecule has 1 aliphatic carbocycles. The van der Waals surface area contributed by atoms with Crippen LogP contribution < -0.4 is 5.73 Å². The van der Waals surface area contributed by atoms with E-state index in [1.807, 2.05) is 6.07 Å². The third-order valence-electron chi connectivity index (χ3n) is 3.91. The summed E-state index contributed by atoms with van der Waals surface area (Å²) in [5.74, 6) is 1.29. The molecule has 0 aliphatic heterocycles. The summed E-state index contributed by atoms with van der Waals surface area (Å²) >= 11 is 0. The number of halogens is 1. The van der Waals surface area contributed by atoms with Crippen molar-refractivity contribution in [3.05, 3.63) is 29.8 Å². The molecule has 4 heteroatoms. The summed E-state index contributed by atoms with van der Waals surface area (Å²) in [6.45, 7) is 4.19. The molecule has 3 nitrogen and oxygen atoms in total. The average Bonchev–Trinajstić information content (AvgIpc) is 3.12. The minimum Gasteiger partial charge on any atom is -0.327 e. The smallest absolute Gasteiger partial charge is 0.151 e. The summed E-state index contributed by atoms with van der Waals surface area (Å²) in [6.07, 6.45) is 3.17. The number of rotatable bonds is 4. The fraction of sp³-hybridized carbons (Fsp3) is 0.533. The van der Waals surface area contributed by atoms with E-state index in [9.17, 15) is 4.39 Å². The molecular weight excluding hydrogens is 241 g/mol. The lowest BCUT2D eigenvalue weighted by molar-refractivity contribution is 0.526. The number of fused-ring (bicyclic) bond motifs is 1. The van der Waals surface area contributed by atoms with Crippen LogP contribution in [0.1, 0.15) is 38.6 Å². The second-order valence-electron chi connectivity index (χ2n) is 5.80. The Kier molecular flexibility index (Phi) is 3.05. The molecule has 1 unspecified atom stereocenters. The number of imidazole rings is 1. The molecule has 0 amide bonds. The fourth-order valence-electron chi connectivity index (χ4n) is 2.75. The van der Waals surface area contributed by atoms with Gasteiger partial charge in [0.15, 0.2) is 5.82 Å². The molecule has 2 N–H and O–H groups in total. The van der Waals surface area contributed by atoms with Gasteiger partial charge in [0.05, 0.1) is 5.52 Å². The maximum absolute atomic E-state index is 13.8. The van der Waals surface area contributed by atoms with Crippen molar-refractivity contribution in [2.45, 2.75) is 45.2 Å². The van der Waals surface area contributed by atoms with Crippen molar-refractivity contribution in [2.75, 3.05) is 0 Å². The van der Waals surface area contributed by atoms with E-state index in [2.05, 4.69) is 23.4 Å². The lowest BCUT2D eigenvalue weighted by atomic mass is 10.1. The van der Waals surface area contributed by atoms with E-state index in [1.54, 1.807) is 6.07 Å². The van der Waals surface area contributed by atoms with E-state index in [0.717, 1.165) is 17.8 Å². The summed E-state index contributed by atoms with van der Waals surface area (Å²) in [6, 6.07) is 5.54. The minimum atomic E-state index is -0.252. The fourth-order valence-corrected chi connectivity index (χ4v) is 2.75. The Labute approximate surface area is 112 Å². The molecule has 0 saturated heterocycles. The van der Waals surface area contributed by atoms with Gasteiger partial charge in [0.1, 0.15) is 11.3 Å². The zero-order chi connectivity index (χ0) is 13.6. The van der Waals surface area contributed by atoms with Crippen molar-refractivity contribution in [3.8, 4) is 0 Å². The van der Waals surface area contributed by atoms with Crippen molar-refractivity contribution in [3.63, 3.8) is 0 Å². The van der Waals surface area contributed by atoms with Gasteiger partial charge in [-0.25, -0.2) is 9.37 Å². The van der Waals surface area contributed by atoms with Gasteiger partial charge in [0.25, 0.3) is 0 Å². The number of benzene rings is 1. The average molecular weight is 261 g/mol. The van der Waals surface area contributed by atoms with Crippen LogP contribution in [0.15, 0.2) is 18.2 Å². The van der Waals surface area contributed by atoms with Crippen LogP contribution in [0.25, 0.3) is 11.0 Å². The molecule has 0 radical (unpaired) electrons. The Balaban J connectivity index is 2.06. The number of nitrogens with two attached hydrogens (primary N) is 1. The first-order chi connectivity index (χ1) is 9.08. The van der Waals surface area contributed by atoms with Crippen LogP contribution in [-0.2, 0) is 6.42 Å². The SMILES string of the molecule is CC(C)n1c(CC(N)C2CC2)nc2c(F)cccc21. The van der Waals surface area contributed by atoms with Crippen LogP contribution in [-0.4, -0.2) is 15.6 Å². The van der Waals surface area contributed by atoms with Crippen LogP contribution in [0.3, 0.4) is 0 Å². The molecule has 2 aromatic rings. The van der Waals surface area contributed by atoms with E-state index in [1.165, 1.54) is 18.9 Å². The summed E-state index contributed by atoms with van der Waals surface area (Å²) in [4.78, 5) is 4.49. The van der Waals surface area contributed by atoms with E-state index in [0.29, 0.717) is 11.4 Å². The molecule has 1 saturated carbocycles. The predicted octanol–water partition coefficient (Wildman–Crippen LogP) is 3.04. The van der Waals surface area contributed by atoms with Crippen LogP contribution in [0, 0.1) is 11.7 Å². The third kappa shape index (κ3) is 2.25. The maximum Gasteiger partial charge on any atom is 0.151 e. The Morgan fingerprint density at radius 2 is 2.16 bits per heavy atom. The molecule has 0 bridgehead atoms. The zero-order valence-corrected chi connectivity index (χ0v) is 11.4. The quantitative estimate of drug-likeness (QED) is 0.919. The Hall–Kier alpha value is -1.42. The van der Waals surface area contributed by atoms with Crippen LogP contribution in [0.2, 0.25) is 0 Å². The van der Waals surface area contributed by atoms with Crippen LogP contribution >= 0.6 is 0 Å². The van der Waals surface area contributed by atoms with Gasteiger partial charge in [-0.05, 0) is 44.7 Å². The third-order valence-corrected chi connectivity index (χ3v) is 3.91. The normalized spacial score (nSPS) is 17.3. The van der Waals surface area contributed by atoms with Gasteiger partial charge in [-0.3, -0.25) is 0 Å². The highest BCUT2D eigenvalue weighted by molar-refractivity contribution is 5.76. The van der Waals surface area contributed by atoms with Gasteiger partial charge in [-0.2, -0.15) is 0 Å². The lowest BCUT2D eigenvalue weighted by Crippen LogP contribution is -2.27. The first kappa shape index (κ1) is 12.6. The Morgan fingerprint density at radius 1 is 1.42 bits per heavy atom. The molecular formula is C15H20FN3. The molecule has 1 aromatic carbocycles. The summed E-state index contributed by atoms with van der Waals surface area (Å²) in [5, 5.41) is 0. The largest absolute Gasteiger partial charge is 0.327 e. The van der Waals surface area contributed by atoms with Crippen molar-refractivity contribution in [1.82, 2.24) is 9.55 Å². The van der Waals surface area contributed by atoms with E-state index in [-0.39, 0.29) is 17.9 Å². The summed E-state index contributed by atoms with van der Waals surface area (Å²) in [5.41, 5.74) is 7.53. The Bertz CT molecular complexity index is 599. The van der Waals surface area contributed by atoms with Crippen molar-refractivity contribution in [2.24, 2.45) is 11.7 Å². The number of para-hydroxylation sites is 1. The highest BCUT2D eigenvalue weighted by atomic mass is 19.1. The second-order valence-corrected chi connectivity index (χ2v) is 5.80. The molecule has 1 heterocycles. The Morgan fingerprint density at radius 3 is 2.79 bits per heavy atom. The van der Waals surface area contributed by atoms with Crippen molar-refractivity contribution in [1.29, 1.82) is 0 Å². The van der Waals surface area contributed by atoms with Gasteiger partial charge < -0.3 is 10.3 Å². The first-order valence-corrected chi connectivity index (χ1v) is 6.99. The van der Waals surface area contributed by atoms with Crippen LogP contribution in [0.5, 0.6) is 0 Å². The van der Waals surface area contributed by atoms with Crippen molar-refractivity contribution >= 4 is 11.0 Å². The van der Waals surface area contributed by atoms with Gasteiger partial charge in [0.2, 0.25) is 0 Å². The zero-order valence-electron chi connectivity index (χ0n) is 11.4. The van der Waals surface area contributed by atoms with Crippen LogP contribution in [0.4, 0.5) is 4.39 Å². The monoisotopic (exact) mass is 261 g/mol. The van der Waals surface area contributed by atoms with Gasteiger partial charge in [-0.1, -0.05) is 6.07 Å². The molecule has 1 aromatic heterocycles. The molecule has 1 aliphatic rings. The van der Waals surface area contributed by atoms with E-state index in [4.69, 9.17) is 5.73 Å². The van der Waals surface area contributed by atoms with Gasteiger partial charge >= 0.3 is 0 Å². The van der Waals surface area contributed by atoms with E-state index < -0.39 is 0 Å². The first-order valence-electron chi connectivity index (χ1n) is 6.99. The van der Waals surface area contributed by atoms with E-state index >= 15 is 0 Å². The summed E-state index contributed by atoms with van der Waals surface area (Å²) in [7, 11) is 0. The number of aromatic nitrogens is 2. The van der Waals surface area contributed by atoms with Crippen molar-refractivity contribution < 1.29 is 4.39 Å². The topological polar surface area (TPSA) is 43.8 Å². The maximum atomic E-state index is 13.8. The molecule has 102 valence electrons. The number of nitrogens with zero attached hydrogens (tertiary/aromatic N) is 2. The molecule has 3 rings (SSSR count).